The van der Waals surface area contributed by atoms with Crippen molar-refractivity contribution in [1.82, 2.24) is 9.80 Å². The predicted octanol–water partition coefficient (Wildman–Crippen LogP) is 2.12. The molecule has 1 atom stereocenters. The smallest absolute Gasteiger partial charge is 0.307 e. The maximum Gasteiger partial charge on any atom is 0.307 e. The van der Waals surface area contributed by atoms with Crippen molar-refractivity contribution in [1.29, 1.82) is 0 Å². The van der Waals surface area contributed by atoms with Gasteiger partial charge in [-0.25, -0.2) is 0 Å². The Kier molecular flexibility index (Phi) is 6.87. The Morgan fingerprint density at radius 2 is 1.97 bits per heavy atom. The molecule has 0 radical (unpaired) electrons. The first-order valence-corrected chi connectivity index (χ1v) is 10.3. The van der Waals surface area contributed by atoms with Crippen LogP contribution in [0.4, 0.5) is 0 Å². The molecule has 2 heterocycles. The second-order valence-corrected chi connectivity index (χ2v) is 8.09. The lowest BCUT2D eigenvalue weighted by Gasteiger charge is -2.24. The summed E-state index contributed by atoms with van der Waals surface area (Å²) in [5.74, 6) is -1.23. The van der Waals surface area contributed by atoms with Crippen LogP contribution in [-0.2, 0) is 14.3 Å². The third-order valence-corrected chi connectivity index (χ3v) is 5.31. The average Bonchev–Trinajstić information content (AvgIpc) is 3.33. The van der Waals surface area contributed by atoms with Crippen LogP contribution >= 0.6 is 0 Å². The van der Waals surface area contributed by atoms with Crippen LogP contribution in [0.1, 0.15) is 64.2 Å². The van der Waals surface area contributed by atoms with Gasteiger partial charge in [-0.1, -0.05) is 13.8 Å². The van der Waals surface area contributed by atoms with E-state index in [1.165, 1.54) is 24.1 Å². The Balaban J connectivity index is 1.78. The van der Waals surface area contributed by atoms with Crippen molar-refractivity contribution >= 4 is 23.7 Å². The third kappa shape index (κ3) is 4.70. The SMILES string of the molecule is COC(=O)CCN(CC(C)C)C(=O)c1ccc2c(c1)C(=O)N(CC1CCCO1)C2=O. The summed E-state index contributed by atoms with van der Waals surface area (Å²) in [7, 11) is 1.31. The van der Waals surface area contributed by atoms with Crippen LogP contribution in [0.5, 0.6) is 0 Å². The lowest BCUT2D eigenvalue weighted by Crippen LogP contribution is -2.36. The fourth-order valence-corrected chi connectivity index (χ4v) is 3.81. The van der Waals surface area contributed by atoms with E-state index in [9.17, 15) is 19.2 Å². The molecule has 0 bridgehead atoms. The molecule has 3 amide bonds. The second kappa shape index (κ2) is 9.38. The number of amides is 3. The van der Waals surface area contributed by atoms with E-state index >= 15 is 0 Å². The van der Waals surface area contributed by atoms with Gasteiger partial charge < -0.3 is 14.4 Å². The van der Waals surface area contributed by atoms with Gasteiger partial charge in [0.05, 0.1) is 37.3 Å². The number of ether oxygens (including phenoxy) is 2. The van der Waals surface area contributed by atoms with Gasteiger partial charge in [0.2, 0.25) is 0 Å². The summed E-state index contributed by atoms with van der Waals surface area (Å²) in [6.45, 7) is 5.51. The number of hydrogen-bond donors (Lipinski definition) is 0. The van der Waals surface area contributed by atoms with Crippen molar-refractivity contribution in [3.63, 3.8) is 0 Å². The van der Waals surface area contributed by atoms with Gasteiger partial charge in [-0.3, -0.25) is 24.1 Å². The largest absolute Gasteiger partial charge is 0.469 e. The van der Waals surface area contributed by atoms with E-state index in [0.717, 1.165) is 12.8 Å². The number of carbonyl (C=O) groups excluding carboxylic acids is 4. The fourth-order valence-electron chi connectivity index (χ4n) is 3.81. The Hall–Kier alpha value is -2.74. The number of nitrogens with zero attached hydrogens (tertiary/aromatic N) is 2. The van der Waals surface area contributed by atoms with E-state index in [4.69, 9.17) is 4.74 Å². The number of fused-ring (bicyclic) bond motifs is 1. The fraction of sp³-hybridized carbons (Fsp3) is 0.545. The summed E-state index contributed by atoms with van der Waals surface area (Å²) in [5.41, 5.74) is 0.861. The summed E-state index contributed by atoms with van der Waals surface area (Å²) in [6.07, 6.45) is 1.70. The Bertz CT molecular complexity index is 844. The lowest BCUT2D eigenvalue weighted by atomic mass is 10.0. The average molecular weight is 416 g/mol. The van der Waals surface area contributed by atoms with Crippen LogP contribution in [0, 0.1) is 5.92 Å². The highest BCUT2D eigenvalue weighted by Gasteiger charge is 2.38. The van der Waals surface area contributed by atoms with Crippen molar-refractivity contribution in [2.24, 2.45) is 5.92 Å². The molecule has 1 saturated heterocycles. The normalized spacial score (nSPS) is 18.1. The van der Waals surface area contributed by atoms with Gasteiger partial charge in [0.15, 0.2) is 0 Å². The number of methoxy groups -OCH3 is 1. The Morgan fingerprint density at radius 3 is 2.60 bits per heavy atom. The second-order valence-electron chi connectivity index (χ2n) is 8.09. The lowest BCUT2D eigenvalue weighted by molar-refractivity contribution is -0.140. The number of benzene rings is 1. The van der Waals surface area contributed by atoms with E-state index in [2.05, 4.69) is 4.74 Å². The first kappa shape index (κ1) is 22.0. The maximum atomic E-state index is 13.1. The molecule has 0 aromatic heterocycles. The zero-order valence-electron chi connectivity index (χ0n) is 17.7. The van der Waals surface area contributed by atoms with Crippen LogP contribution in [0.3, 0.4) is 0 Å². The van der Waals surface area contributed by atoms with Crippen molar-refractivity contribution in [2.75, 3.05) is 33.4 Å². The number of carbonyl (C=O) groups is 4. The molecule has 3 rings (SSSR count). The number of hydrogen-bond acceptors (Lipinski definition) is 6. The van der Waals surface area contributed by atoms with Crippen LogP contribution in [-0.4, -0.2) is 72.9 Å². The van der Waals surface area contributed by atoms with Crippen molar-refractivity contribution in [3.05, 3.63) is 34.9 Å². The van der Waals surface area contributed by atoms with E-state index in [1.54, 1.807) is 11.0 Å². The summed E-state index contributed by atoms with van der Waals surface area (Å²) in [5, 5.41) is 0. The van der Waals surface area contributed by atoms with Gasteiger partial charge in [0.25, 0.3) is 17.7 Å². The summed E-state index contributed by atoms with van der Waals surface area (Å²) in [6, 6.07) is 4.58. The standard InChI is InChI=1S/C22H28N2O6/c1-14(2)12-23(9-8-19(25)29-3)20(26)15-6-7-17-18(11-15)22(28)24(21(17)27)13-16-5-4-10-30-16/h6-7,11,14,16H,4-5,8-10,12-13H2,1-3H3. The van der Waals surface area contributed by atoms with Crippen molar-refractivity contribution in [2.45, 2.75) is 39.2 Å². The Labute approximate surface area is 176 Å². The van der Waals surface area contributed by atoms with Crippen molar-refractivity contribution < 1.29 is 28.7 Å². The zero-order chi connectivity index (χ0) is 21.8. The summed E-state index contributed by atoms with van der Waals surface area (Å²) < 4.78 is 10.2. The molecular formula is C22H28N2O6. The number of esters is 1. The predicted molar refractivity (Wildman–Crippen MR) is 108 cm³/mol. The molecule has 8 nitrogen and oxygen atoms in total. The highest BCUT2D eigenvalue weighted by molar-refractivity contribution is 6.22. The molecule has 0 N–H and O–H groups in total. The van der Waals surface area contributed by atoms with Gasteiger partial charge in [0, 0.05) is 25.3 Å². The van der Waals surface area contributed by atoms with E-state index < -0.39 is 11.9 Å². The summed E-state index contributed by atoms with van der Waals surface area (Å²) in [4.78, 5) is 52.9. The molecule has 1 aromatic rings. The molecule has 2 aliphatic heterocycles. The monoisotopic (exact) mass is 416 g/mol. The minimum absolute atomic E-state index is 0.0898. The molecule has 0 spiro atoms. The number of imide groups is 1. The maximum absolute atomic E-state index is 13.1. The molecule has 162 valence electrons. The van der Waals surface area contributed by atoms with Gasteiger partial charge in [0.1, 0.15) is 0 Å². The highest BCUT2D eigenvalue weighted by atomic mass is 16.5. The molecule has 1 aromatic carbocycles. The van der Waals surface area contributed by atoms with Gasteiger partial charge in [-0.05, 0) is 37.0 Å². The highest BCUT2D eigenvalue weighted by Crippen LogP contribution is 2.26. The zero-order valence-corrected chi connectivity index (χ0v) is 17.7. The molecule has 30 heavy (non-hydrogen) atoms. The van der Waals surface area contributed by atoms with Crippen molar-refractivity contribution in [3.8, 4) is 0 Å². The minimum Gasteiger partial charge on any atom is -0.469 e. The topological polar surface area (TPSA) is 93.2 Å². The first-order chi connectivity index (χ1) is 14.3. The summed E-state index contributed by atoms with van der Waals surface area (Å²) >= 11 is 0. The first-order valence-electron chi connectivity index (χ1n) is 10.3. The molecule has 1 fully saturated rings. The minimum atomic E-state index is -0.398. The molecule has 0 aliphatic carbocycles. The molecular weight excluding hydrogens is 388 g/mol. The number of rotatable bonds is 8. The van der Waals surface area contributed by atoms with Gasteiger partial charge >= 0.3 is 5.97 Å². The molecule has 2 aliphatic rings. The van der Waals surface area contributed by atoms with Gasteiger partial charge in [-0.2, -0.15) is 0 Å². The molecule has 0 saturated carbocycles. The van der Waals surface area contributed by atoms with Gasteiger partial charge in [-0.15, -0.1) is 0 Å². The quantitative estimate of drug-likeness (QED) is 0.476. The molecule has 1 unspecified atom stereocenters. The van der Waals surface area contributed by atoms with Crippen LogP contribution in [0.25, 0.3) is 0 Å². The Morgan fingerprint density at radius 1 is 1.23 bits per heavy atom. The van der Waals surface area contributed by atoms with E-state index in [0.29, 0.717) is 24.3 Å². The van der Waals surface area contributed by atoms with Crippen LogP contribution in [0.2, 0.25) is 0 Å². The van der Waals surface area contributed by atoms with Crippen LogP contribution < -0.4 is 0 Å². The van der Waals surface area contributed by atoms with Crippen LogP contribution in [0.15, 0.2) is 18.2 Å². The molecule has 8 heteroatoms. The van der Waals surface area contributed by atoms with E-state index in [-0.39, 0.29) is 48.9 Å². The van der Waals surface area contributed by atoms with E-state index in [1.807, 2.05) is 13.8 Å². The third-order valence-electron chi connectivity index (χ3n) is 5.31.